The van der Waals surface area contributed by atoms with E-state index in [4.69, 9.17) is 0 Å². The summed E-state index contributed by atoms with van der Waals surface area (Å²) in [7, 11) is -0.301. The molecule has 3 heteroatoms. The molecule has 1 aromatic rings. The maximum Gasteiger partial charge on any atom is 0.0396 e. The summed E-state index contributed by atoms with van der Waals surface area (Å²) in [5, 5.41) is 2.93. The highest BCUT2D eigenvalue weighted by Crippen LogP contribution is 2.40. The fourth-order valence-corrected chi connectivity index (χ4v) is 37.9. The van der Waals surface area contributed by atoms with Gasteiger partial charge in [-0.25, -0.2) is 0 Å². The minimum Gasteiger partial charge on any atom is -0.0704 e. The molecule has 1 aromatic carbocycles. The SMILES string of the molecule is CC(C)(C)[SiH]([SiH2][SiH2]c1ccccc1)C(C)(C)C. The maximum absolute atomic E-state index is 2.49. The molecule has 0 amide bonds. The van der Waals surface area contributed by atoms with Crippen LogP contribution in [0.3, 0.4) is 0 Å². The van der Waals surface area contributed by atoms with E-state index >= 15 is 0 Å². The largest absolute Gasteiger partial charge is 0.0704 e. The van der Waals surface area contributed by atoms with Gasteiger partial charge in [-0.2, -0.15) is 0 Å². The predicted molar refractivity (Wildman–Crippen MR) is 89.7 cm³/mol. The normalized spacial score (nSPS) is 14.5. The molecule has 0 aromatic heterocycles. The van der Waals surface area contributed by atoms with Crippen LogP contribution >= 0.6 is 0 Å². The smallest absolute Gasteiger partial charge is 0.0396 e. The number of hydrogen-bond donors (Lipinski definition) is 0. The molecule has 0 radical (unpaired) electrons. The van der Waals surface area contributed by atoms with Gasteiger partial charge in [0.1, 0.15) is 0 Å². The Kier molecular flexibility index (Phi) is 4.98. The summed E-state index contributed by atoms with van der Waals surface area (Å²) in [6.45, 7) is 14.9. The number of rotatable bonds is 3. The van der Waals surface area contributed by atoms with Crippen molar-refractivity contribution in [2.75, 3.05) is 0 Å². The molecule has 1 rings (SSSR count). The first-order chi connectivity index (χ1) is 7.71. The van der Waals surface area contributed by atoms with Crippen molar-refractivity contribution in [1.82, 2.24) is 0 Å². The second kappa shape index (κ2) is 5.67. The van der Waals surface area contributed by atoms with Crippen LogP contribution in [-0.4, -0.2) is 25.9 Å². The molecule has 0 aliphatic heterocycles. The topological polar surface area (TPSA) is 0 Å². The van der Waals surface area contributed by atoms with E-state index in [9.17, 15) is 0 Å². The highest BCUT2D eigenvalue weighted by Gasteiger charge is 2.35. The molecule has 0 saturated heterocycles. The molecule has 96 valence electrons. The molecule has 0 aliphatic carbocycles. The van der Waals surface area contributed by atoms with Gasteiger partial charge < -0.3 is 0 Å². The Hall–Kier alpha value is -0.129. The summed E-state index contributed by atoms with van der Waals surface area (Å²) < 4.78 is 0. The van der Waals surface area contributed by atoms with E-state index in [1.165, 1.54) is 0 Å². The Bertz CT molecular complexity index is 319. The first-order valence-corrected chi connectivity index (χ1v) is 15.9. The third-order valence-corrected chi connectivity index (χ3v) is 29.2. The van der Waals surface area contributed by atoms with Gasteiger partial charge in [-0.1, -0.05) is 77.1 Å². The lowest BCUT2D eigenvalue weighted by Gasteiger charge is -2.39. The third kappa shape index (κ3) is 4.94. The van der Waals surface area contributed by atoms with Gasteiger partial charge in [-0.15, -0.1) is 0 Å². The van der Waals surface area contributed by atoms with Crippen molar-refractivity contribution in [2.45, 2.75) is 51.6 Å². The average molecular weight is 281 g/mol. The van der Waals surface area contributed by atoms with Gasteiger partial charge in [0.25, 0.3) is 0 Å². The summed E-state index contributed by atoms with van der Waals surface area (Å²) in [6, 6.07) is 11.3. The van der Waals surface area contributed by atoms with Crippen molar-refractivity contribution < 1.29 is 0 Å². The molecular weight excluding hydrogens is 252 g/mol. The van der Waals surface area contributed by atoms with Gasteiger partial charge in [0.05, 0.1) is 0 Å². The van der Waals surface area contributed by atoms with Crippen LogP contribution in [0.4, 0.5) is 0 Å². The lowest BCUT2D eigenvalue weighted by Crippen LogP contribution is -2.45. The van der Waals surface area contributed by atoms with Crippen molar-refractivity contribution in [3.8, 4) is 0 Å². The van der Waals surface area contributed by atoms with Gasteiger partial charge in [0.2, 0.25) is 0 Å². The Morgan fingerprint density at radius 1 is 0.824 bits per heavy atom. The van der Waals surface area contributed by atoms with E-state index in [2.05, 4.69) is 71.9 Å². The molecule has 0 spiro atoms. The van der Waals surface area contributed by atoms with Crippen molar-refractivity contribution in [3.05, 3.63) is 30.3 Å². The van der Waals surface area contributed by atoms with E-state index in [1.54, 1.807) is 5.19 Å². The highest BCUT2D eigenvalue weighted by molar-refractivity contribution is 7.39. The third-order valence-electron chi connectivity index (χ3n) is 3.66. The van der Waals surface area contributed by atoms with E-state index in [0.717, 1.165) is 0 Å². The van der Waals surface area contributed by atoms with Crippen LogP contribution < -0.4 is 5.19 Å². The molecule has 0 bridgehead atoms. The summed E-state index contributed by atoms with van der Waals surface area (Å²) >= 11 is 0. The zero-order chi connectivity index (χ0) is 13.1. The summed E-state index contributed by atoms with van der Waals surface area (Å²) in [5.74, 6) is 0. The minimum atomic E-state index is -0.580. The van der Waals surface area contributed by atoms with Gasteiger partial charge >= 0.3 is 0 Å². The van der Waals surface area contributed by atoms with Crippen molar-refractivity contribution in [3.63, 3.8) is 0 Å². The Balaban J connectivity index is 2.70. The van der Waals surface area contributed by atoms with Crippen molar-refractivity contribution in [2.24, 2.45) is 0 Å². The second-order valence-corrected chi connectivity index (χ2v) is 24.6. The predicted octanol–water partition coefficient (Wildman–Crippen LogP) is 1.89. The van der Waals surface area contributed by atoms with Crippen LogP contribution in [0.2, 0.25) is 10.1 Å². The zero-order valence-electron chi connectivity index (χ0n) is 12.4. The monoisotopic (exact) mass is 280 g/mol. The van der Waals surface area contributed by atoms with Crippen molar-refractivity contribution in [1.29, 1.82) is 0 Å². The lowest BCUT2D eigenvalue weighted by molar-refractivity contribution is 0.660. The van der Waals surface area contributed by atoms with Crippen LogP contribution in [0.5, 0.6) is 0 Å². The van der Waals surface area contributed by atoms with Crippen LogP contribution in [0.1, 0.15) is 41.5 Å². The maximum atomic E-state index is 2.49. The van der Waals surface area contributed by atoms with E-state index in [-0.39, 0.29) is 17.6 Å². The highest BCUT2D eigenvalue weighted by atomic mass is 29.5. The van der Waals surface area contributed by atoms with Crippen molar-refractivity contribution >= 4 is 31.1 Å². The Morgan fingerprint density at radius 3 is 1.71 bits per heavy atom. The Morgan fingerprint density at radius 2 is 1.29 bits per heavy atom. The van der Waals surface area contributed by atoms with Gasteiger partial charge in [-0.05, 0) is 10.1 Å². The second-order valence-electron chi connectivity index (χ2n) is 7.31. The molecule has 0 heterocycles. The summed E-state index contributed by atoms with van der Waals surface area (Å²) in [5.41, 5.74) is 0. The molecule has 0 saturated carbocycles. The zero-order valence-corrected chi connectivity index (χ0v) is 16.4. The summed E-state index contributed by atoms with van der Waals surface area (Å²) in [6.07, 6.45) is 0. The first kappa shape index (κ1) is 14.9. The van der Waals surface area contributed by atoms with E-state index < -0.39 is 8.31 Å². The summed E-state index contributed by atoms with van der Waals surface area (Å²) in [4.78, 5) is 0. The van der Waals surface area contributed by atoms with E-state index in [1.807, 2.05) is 0 Å². The fourth-order valence-electron chi connectivity index (χ4n) is 3.12. The standard InChI is InChI=1S/C14H28Si3/c1-13(2,3)17(14(4,5)6)16-15-12-10-8-7-9-11-12/h7-11,17H,15-16H2,1-6H3. The van der Waals surface area contributed by atoms with Crippen LogP contribution in [0, 0.1) is 0 Å². The van der Waals surface area contributed by atoms with Crippen LogP contribution in [0.25, 0.3) is 0 Å². The van der Waals surface area contributed by atoms with Crippen LogP contribution in [-0.2, 0) is 0 Å². The van der Waals surface area contributed by atoms with Gasteiger partial charge in [0, 0.05) is 25.9 Å². The molecular formula is C14H28Si3. The molecule has 0 N–H and O–H groups in total. The molecule has 17 heavy (non-hydrogen) atoms. The molecule has 0 fully saturated rings. The van der Waals surface area contributed by atoms with Gasteiger partial charge in [0.15, 0.2) is 0 Å². The van der Waals surface area contributed by atoms with Crippen LogP contribution in [0.15, 0.2) is 30.3 Å². The average Bonchev–Trinajstić information content (AvgIpc) is 2.15. The number of benzene rings is 1. The molecule has 0 nitrogen and oxygen atoms in total. The molecule has 0 atom stereocenters. The van der Waals surface area contributed by atoms with E-state index in [0.29, 0.717) is 10.1 Å². The Labute approximate surface area is 113 Å². The number of hydrogen-bond acceptors (Lipinski definition) is 0. The molecule has 0 aliphatic rings. The van der Waals surface area contributed by atoms with Gasteiger partial charge in [-0.3, -0.25) is 0 Å². The molecule has 0 unspecified atom stereocenters. The minimum absolute atomic E-state index is 0.0821. The quantitative estimate of drug-likeness (QED) is 0.742. The fraction of sp³-hybridized carbons (Fsp3) is 0.571. The first-order valence-electron chi connectivity index (χ1n) is 6.75. The lowest BCUT2D eigenvalue weighted by atomic mass is 10.2.